The van der Waals surface area contributed by atoms with Gasteiger partial charge in [0, 0.05) is 25.2 Å². The van der Waals surface area contributed by atoms with Gasteiger partial charge in [-0.25, -0.2) is 0 Å². The zero-order valence-corrected chi connectivity index (χ0v) is 9.75. The van der Waals surface area contributed by atoms with Crippen molar-refractivity contribution in [2.45, 2.75) is 39.3 Å². The average Bonchev–Trinajstić information content (AvgIpc) is 2.39. The Morgan fingerprint density at radius 2 is 2.36 bits per heavy atom. The molecule has 0 radical (unpaired) electrons. The van der Waals surface area contributed by atoms with E-state index in [1.165, 1.54) is 13.0 Å². The third kappa shape index (κ3) is 3.95. The summed E-state index contributed by atoms with van der Waals surface area (Å²) in [5.41, 5.74) is 0. The third-order valence-corrected chi connectivity index (χ3v) is 2.81. The molecule has 2 unspecified atom stereocenters. The summed E-state index contributed by atoms with van der Waals surface area (Å²) in [4.78, 5) is 2.53. The minimum Gasteiger partial charge on any atom is -0.380 e. The van der Waals surface area contributed by atoms with Gasteiger partial charge in [0.05, 0.1) is 6.61 Å². The molecule has 1 aliphatic rings. The second-order valence-corrected chi connectivity index (χ2v) is 4.21. The predicted octanol–water partition coefficient (Wildman–Crippen LogP) is 1.10. The van der Waals surface area contributed by atoms with Crippen LogP contribution >= 0.6 is 0 Å². The summed E-state index contributed by atoms with van der Waals surface area (Å²) in [6, 6.07) is 1.17. The Morgan fingerprint density at radius 3 is 3.07 bits per heavy atom. The van der Waals surface area contributed by atoms with Crippen molar-refractivity contribution >= 4 is 0 Å². The topological polar surface area (TPSA) is 24.5 Å². The normalized spacial score (nSPS) is 27.2. The van der Waals surface area contributed by atoms with Gasteiger partial charge in [0.25, 0.3) is 0 Å². The molecule has 0 aromatic carbocycles. The van der Waals surface area contributed by atoms with Crippen LogP contribution in [0, 0.1) is 0 Å². The second-order valence-electron chi connectivity index (χ2n) is 4.21. The van der Waals surface area contributed by atoms with Gasteiger partial charge in [-0.3, -0.25) is 4.90 Å². The summed E-state index contributed by atoms with van der Waals surface area (Å²) >= 11 is 0. The maximum atomic E-state index is 5.46. The van der Waals surface area contributed by atoms with Crippen molar-refractivity contribution in [3.05, 3.63) is 0 Å². The summed E-state index contributed by atoms with van der Waals surface area (Å²) in [7, 11) is 0. The zero-order valence-electron chi connectivity index (χ0n) is 9.75. The third-order valence-electron chi connectivity index (χ3n) is 2.81. The first-order valence-corrected chi connectivity index (χ1v) is 5.79. The first kappa shape index (κ1) is 12.0. The van der Waals surface area contributed by atoms with Gasteiger partial charge in [-0.05, 0) is 40.3 Å². The fourth-order valence-electron chi connectivity index (χ4n) is 1.93. The fourth-order valence-corrected chi connectivity index (χ4v) is 1.93. The molecule has 0 saturated carbocycles. The van der Waals surface area contributed by atoms with Crippen molar-refractivity contribution in [2.24, 2.45) is 0 Å². The van der Waals surface area contributed by atoms with Crippen LogP contribution in [0.4, 0.5) is 0 Å². The van der Waals surface area contributed by atoms with Gasteiger partial charge in [-0.2, -0.15) is 0 Å². The summed E-state index contributed by atoms with van der Waals surface area (Å²) in [5, 5.41) is 3.50. The van der Waals surface area contributed by atoms with Crippen LogP contribution in [0.3, 0.4) is 0 Å². The Labute approximate surface area is 87.8 Å². The summed E-state index contributed by atoms with van der Waals surface area (Å²) in [5.74, 6) is 0. The van der Waals surface area contributed by atoms with E-state index >= 15 is 0 Å². The highest BCUT2D eigenvalue weighted by Gasteiger charge is 2.18. The zero-order chi connectivity index (χ0) is 10.4. The lowest BCUT2D eigenvalue weighted by molar-refractivity contribution is 0.0733. The first-order chi connectivity index (χ1) is 6.74. The van der Waals surface area contributed by atoms with Gasteiger partial charge >= 0.3 is 0 Å². The number of nitrogens with zero attached hydrogens (tertiary/aromatic N) is 1. The summed E-state index contributed by atoms with van der Waals surface area (Å²) in [6.45, 7) is 11.8. The highest BCUT2D eigenvalue weighted by molar-refractivity contribution is 4.76. The molecule has 1 N–H and O–H groups in total. The fraction of sp³-hybridized carbons (Fsp3) is 1.00. The Morgan fingerprint density at radius 1 is 1.57 bits per heavy atom. The van der Waals surface area contributed by atoms with Gasteiger partial charge < -0.3 is 10.1 Å². The monoisotopic (exact) mass is 200 g/mol. The lowest BCUT2D eigenvalue weighted by atomic mass is 10.2. The highest BCUT2D eigenvalue weighted by Crippen LogP contribution is 2.06. The van der Waals surface area contributed by atoms with Gasteiger partial charge in [-0.15, -0.1) is 0 Å². The minimum absolute atomic E-state index is 0.553. The van der Waals surface area contributed by atoms with E-state index in [2.05, 4.69) is 31.0 Å². The average molecular weight is 200 g/mol. The number of hydrogen-bond acceptors (Lipinski definition) is 3. The standard InChI is InChI=1S/C11H24N2O/c1-4-14-9-11(3)13-7-5-6-12-10(2)8-13/h10-12H,4-9H2,1-3H3. The largest absolute Gasteiger partial charge is 0.380 e. The molecular formula is C11H24N2O. The maximum Gasteiger partial charge on any atom is 0.0619 e. The van der Waals surface area contributed by atoms with Crippen LogP contribution in [0.2, 0.25) is 0 Å². The Kier molecular flexibility index (Phi) is 5.45. The molecule has 0 aromatic rings. The molecule has 14 heavy (non-hydrogen) atoms. The van der Waals surface area contributed by atoms with Crippen molar-refractivity contribution in [3.63, 3.8) is 0 Å². The van der Waals surface area contributed by atoms with Crippen LogP contribution < -0.4 is 5.32 Å². The first-order valence-electron chi connectivity index (χ1n) is 5.79. The van der Waals surface area contributed by atoms with Gasteiger partial charge in [-0.1, -0.05) is 0 Å². The Bertz CT molecular complexity index is 152. The molecule has 1 aliphatic heterocycles. The SMILES string of the molecule is CCOCC(C)N1CCCNC(C)C1. The number of nitrogens with one attached hydrogen (secondary N) is 1. The molecule has 3 nitrogen and oxygen atoms in total. The van der Waals surface area contributed by atoms with Crippen molar-refractivity contribution in [1.82, 2.24) is 10.2 Å². The predicted molar refractivity (Wildman–Crippen MR) is 59.6 cm³/mol. The number of ether oxygens (including phenoxy) is 1. The van der Waals surface area contributed by atoms with E-state index in [0.717, 1.165) is 26.3 Å². The lowest BCUT2D eigenvalue weighted by Crippen LogP contribution is -2.42. The summed E-state index contributed by atoms with van der Waals surface area (Å²) in [6.07, 6.45) is 1.25. The lowest BCUT2D eigenvalue weighted by Gasteiger charge is -2.28. The molecule has 0 spiro atoms. The quantitative estimate of drug-likeness (QED) is 0.735. The summed E-state index contributed by atoms with van der Waals surface area (Å²) < 4.78 is 5.46. The van der Waals surface area contributed by atoms with Crippen molar-refractivity contribution in [3.8, 4) is 0 Å². The van der Waals surface area contributed by atoms with E-state index in [9.17, 15) is 0 Å². The van der Waals surface area contributed by atoms with Crippen LogP contribution in [0.1, 0.15) is 27.2 Å². The molecule has 1 fully saturated rings. The van der Waals surface area contributed by atoms with Gasteiger partial charge in [0.15, 0.2) is 0 Å². The van der Waals surface area contributed by atoms with Crippen LogP contribution in [-0.4, -0.2) is 49.8 Å². The second kappa shape index (κ2) is 6.38. The number of hydrogen-bond donors (Lipinski definition) is 1. The maximum absolute atomic E-state index is 5.46. The van der Waals surface area contributed by atoms with Crippen LogP contribution in [0.25, 0.3) is 0 Å². The molecule has 0 aliphatic carbocycles. The van der Waals surface area contributed by atoms with E-state index in [1.54, 1.807) is 0 Å². The van der Waals surface area contributed by atoms with Crippen molar-refractivity contribution in [2.75, 3.05) is 32.8 Å². The molecule has 1 saturated heterocycles. The van der Waals surface area contributed by atoms with E-state index in [4.69, 9.17) is 4.74 Å². The molecule has 0 aromatic heterocycles. The molecular weight excluding hydrogens is 176 g/mol. The van der Waals surface area contributed by atoms with Crippen LogP contribution in [0.15, 0.2) is 0 Å². The molecule has 1 rings (SSSR count). The van der Waals surface area contributed by atoms with E-state index in [-0.39, 0.29) is 0 Å². The smallest absolute Gasteiger partial charge is 0.0619 e. The Balaban J connectivity index is 2.32. The van der Waals surface area contributed by atoms with Crippen LogP contribution in [-0.2, 0) is 4.74 Å². The van der Waals surface area contributed by atoms with Crippen molar-refractivity contribution < 1.29 is 4.74 Å². The van der Waals surface area contributed by atoms with Gasteiger partial charge in [0.1, 0.15) is 0 Å². The molecule has 1 heterocycles. The van der Waals surface area contributed by atoms with E-state index in [1.807, 2.05) is 0 Å². The van der Waals surface area contributed by atoms with Crippen LogP contribution in [0.5, 0.6) is 0 Å². The van der Waals surface area contributed by atoms with Gasteiger partial charge in [0.2, 0.25) is 0 Å². The van der Waals surface area contributed by atoms with E-state index in [0.29, 0.717) is 12.1 Å². The molecule has 0 amide bonds. The minimum atomic E-state index is 0.553. The van der Waals surface area contributed by atoms with E-state index < -0.39 is 0 Å². The van der Waals surface area contributed by atoms with Crippen molar-refractivity contribution in [1.29, 1.82) is 0 Å². The molecule has 84 valence electrons. The highest BCUT2D eigenvalue weighted by atomic mass is 16.5. The molecule has 3 heteroatoms. The molecule has 0 bridgehead atoms. The Hall–Kier alpha value is -0.120. The number of rotatable bonds is 4. The molecule has 2 atom stereocenters.